The van der Waals surface area contributed by atoms with Crippen LogP contribution < -0.4 is 10.5 Å². The first-order valence-electron chi connectivity index (χ1n) is 6.47. The molecule has 0 saturated carbocycles. The third-order valence-corrected chi connectivity index (χ3v) is 3.11. The van der Waals surface area contributed by atoms with Gasteiger partial charge >= 0.3 is 0 Å². The summed E-state index contributed by atoms with van der Waals surface area (Å²) in [6.07, 6.45) is 3.51. The van der Waals surface area contributed by atoms with Crippen molar-refractivity contribution in [1.29, 1.82) is 0 Å². The molecule has 2 N–H and O–H groups in total. The average Bonchev–Trinajstić information content (AvgIpc) is 2.48. The highest BCUT2D eigenvalue weighted by Crippen LogP contribution is 2.28. The maximum atomic E-state index is 5.83. The van der Waals surface area contributed by atoms with Crippen LogP contribution in [0.2, 0.25) is 0 Å². The molecule has 1 unspecified atom stereocenters. The van der Waals surface area contributed by atoms with Crippen LogP contribution in [0, 0.1) is 0 Å². The molecular formula is C16H15N3O. The van der Waals surface area contributed by atoms with Crippen molar-refractivity contribution in [2.24, 2.45) is 5.73 Å². The van der Waals surface area contributed by atoms with Crippen molar-refractivity contribution in [3.05, 3.63) is 60.4 Å². The van der Waals surface area contributed by atoms with Crippen LogP contribution in [0.1, 0.15) is 18.5 Å². The number of ether oxygens (including phenoxy) is 1. The van der Waals surface area contributed by atoms with Crippen molar-refractivity contribution in [3.8, 4) is 11.6 Å². The first kappa shape index (κ1) is 12.6. The summed E-state index contributed by atoms with van der Waals surface area (Å²) in [5, 5.41) is 0.966. The average molecular weight is 265 g/mol. The second-order valence-corrected chi connectivity index (χ2v) is 4.65. The van der Waals surface area contributed by atoms with Gasteiger partial charge in [-0.1, -0.05) is 12.1 Å². The highest BCUT2D eigenvalue weighted by molar-refractivity contribution is 5.85. The third kappa shape index (κ3) is 2.46. The third-order valence-electron chi connectivity index (χ3n) is 3.11. The van der Waals surface area contributed by atoms with Crippen molar-refractivity contribution in [3.63, 3.8) is 0 Å². The first-order chi connectivity index (χ1) is 9.74. The van der Waals surface area contributed by atoms with Crippen LogP contribution >= 0.6 is 0 Å². The van der Waals surface area contributed by atoms with Gasteiger partial charge in [0.1, 0.15) is 5.75 Å². The molecule has 0 fully saturated rings. The molecule has 3 rings (SSSR count). The quantitative estimate of drug-likeness (QED) is 0.788. The molecule has 100 valence electrons. The Morgan fingerprint density at radius 2 is 1.95 bits per heavy atom. The van der Waals surface area contributed by atoms with Crippen LogP contribution in [-0.4, -0.2) is 9.97 Å². The van der Waals surface area contributed by atoms with Gasteiger partial charge in [-0.15, -0.1) is 0 Å². The topological polar surface area (TPSA) is 61.0 Å². The van der Waals surface area contributed by atoms with E-state index in [9.17, 15) is 0 Å². The molecule has 0 radical (unpaired) electrons. The zero-order valence-corrected chi connectivity index (χ0v) is 11.2. The number of nitrogens with two attached hydrogens (primary N) is 1. The second kappa shape index (κ2) is 5.27. The van der Waals surface area contributed by atoms with E-state index in [1.807, 2.05) is 49.4 Å². The van der Waals surface area contributed by atoms with Gasteiger partial charge in [0.15, 0.2) is 0 Å². The highest BCUT2D eigenvalue weighted by atomic mass is 16.5. The Kier molecular flexibility index (Phi) is 3.31. The van der Waals surface area contributed by atoms with Crippen LogP contribution in [0.15, 0.2) is 54.9 Å². The fourth-order valence-electron chi connectivity index (χ4n) is 2.00. The summed E-state index contributed by atoms with van der Waals surface area (Å²) in [5.74, 6) is 1.29. The fourth-order valence-corrected chi connectivity index (χ4v) is 2.00. The molecule has 0 aliphatic rings. The summed E-state index contributed by atoms with van der Waals surface area (Å²) < 4.78 is 5.83. The fraction of sp³-hybridized carbons (Fsp3) is 0.125. The van der Waals surface area contributed by atoms with E-state index in [2.05, 4.69) is 9.97 Å². The van der Waals surface area contributed by atoms with Crippen LogP contribution in [0.3, 0.4) is 0 Å². The number of aromatic nitrogens is 2. The molecule has 0 amide bonds. The maximum Gasteiger partial charge on any atom is 0.219 e. The Morgan fingerprint density at radius 1 is 1.05 bits per heavy atom. The molecule has 4 nitrogen and oxygen atoms in total. The lowest BCUT2D eigenvalue weighted by molar-refractivity contribution is 0.467. The lowest BCUT2D eigenvalue weighted by Gasteiger charge is -2.09. The van der Waals surface area contributed by atoms with E-state index in [1.165, 1.54) is 0 Å². The molecule has 0 aliphatic heterocycles. The standard InChI is InChI=1S/C16H15N3O/c1-11(17)12-7-8-16(19-10-12)20-15-6-2-5-14-13(15)4-3-9-18-14/h2-11H,17H2,1H3. The van der Waals surface area contributed by atoms with Gasteiger partial charge in [0.05, 0.1) is 5.52 Å². The molecule has 0 aliphatic carbocycles. The number of hydrogen-bond donors (Lipinski definition) is 1. The lowest BCUT2D eigenvalue weighted by Crippen LogP contribution is -2.05. The largest absolute Gasteiger partial charge is 0.438 e. The summed E-state index contributed by atoms with van der Waals surface area (Å²) in [6, 6.07) is 13.4. The Labute approximate surface area is 117 Å². The van der Waals surface area contributed by atoms with Crippen molar-refractivity contribution in [2.75, 3.05) is 0 Å². The minimum atomic E-state index is -0.0293. The molecule has 0 spiro atoms. The zero-order chi connectivity index (χ0) is 13.9. The minimum absolute atomic E-state index is 0.0293. The van der Waals surface area contributed by atoms with Gasteiger partial charge < -0.3 is 10.5 Å². The number of fused-ring (bicyclic) bond motifs is 1. The van der Waals surface area contributed by atoms with E-state index < -0.39 is 0 Å². The number of pyridine rings is 2. The molecule has 2 aromatic heterocycles. The van der Waals surface area contributed by atoms with Gasteiger partial charge in [-0.2, -0.15) is 0 Å². The van der Waals surface area contributed by atoms with Crippen LogP contribution in [-0.2, 0) is 0 Å². The first-order valence-corrected chi connectivity index (χ1v) is 6.47. The number of hydrogen-bond acceptors (Lipinski definition) is 4. The Hall–Kier alpha value is -2.46. The summed E-state index contributed by atoms with van der Waals surface area (Å²) in [4.78, 5) is 8.58. The van der Waals surface area contributed by atoms with Gasteiger partial charge in [-0.05, 0) is 36.8 Å². The van der Waals surface area contributed by atoms with E-state index in [0.717, 1.165) is 22.2 Å². The van der Waals surface area contributed by atoms with E-state index >= 15 is 0 Å². The molecule has 2 heterocycles. The van der Waals surface area contributed by atoms with Crippen molar-refractivity contribution < 1.29 is 4.74 Å². The number of rotatable bonds is 3. The molecule has 0 bridgehead atoms. The molecule has 1 atom stereocenters. The van der Waals surface area contributed by atoms with Crippen molar-refractivity contribution in [1.82, 2.24) is 9.97 Å². The number of nitrogens with zero attached hydrogens (tertiary/aromatic N) is 2. The van der Waals surface area contributed by atoms with Gasteiger partial charge in [0.2, 0.25) is 5.88 Å². The van der Waals surface area contributed by atoms with E-state index in [-0.39, 0.29) is 6.04 Å². The Balaban J connectivity index is 1.93. The summed E-state index contributed by atoms with van der Waals surface area (Å²) in [7, 11) is 0. The zero-order valence-electron chi connectivity index (χ0n) is 11.2. The van der Waals surface area contributed by atoms with Gasteiger partial charge in [0, 0.05) is 29.9 Å². The van der Waals surface area contributed by atoms with Crippen molar-refractivity contribution >= 4 is 10.9 Å². The molecule has 20 heavy (non-hydrogen) atoms. The Morgan fingerprint density at radius 3 is 2.70 bits per heavy atom. The number of benzene rings is 1. The van der Waals surface area contributed by atoms with Crippen molar-refractivity contribution in [2.45, 2.75) is 13.0 Å². The SMILES string of the molecule is CC(N)c1ccc(Oc2cccc3ncccc23)nc1. The summed E-state index contributed by atoms with van der Waals surface area (Å²) >= 11 is 0. The van der Waals surface area contributed by atoms with Gasteiger partial charge in [0.25, 0.3) is 0 Å². The van der Waals surface area contributed by atoms with Crippen LogP contribution in [0.25, 0.3) is 10.9 Å². The smallest absolute Gasteiger partial charge is 0.219 e. The summed E-state index contributed by atoms with van der Waals surface area (Å²) in [6.45, 7) is 1.92. The maximum absolute atomic E-state index is 5.83. The lowest BCUT2D eigenvalue weighted by atomic mass is 10.2. The normalized spacial score (nSPS) is 12.3. The predicted molar refractivity (Wildman–Crippen MR) is 78.7 cm³/mol. The van der Waals surface area contributed by atoms with E-state index in [0.29, 0.717) is 5.88 Å². The highest BCUT2D eigenvalue weighted by Gasteiger charge is 2.05. The molecule has 0 saturated heterocycles. The van der Waals surface area contributed by atoms with Gasteiger partial charge in [-0.25, -0.2) is 4.98 Å². The molecule has 4 heteroatoms. The summed E-state index contributed by atoms with van der Waals surface area (Å²) in [5.41, 5.74) is 7.69. The molecular weight excluding hydrogens is 250 g/mol. The van der Waals surface area contributed by atoms with E-state index in [4.69, 9.17) is 10.5 Å². The molecule has 1 aromatic carbocycles. The predicted octanol–water partition coefficient (Wildman–Crippen LogP) is 3.44. The second-order valence-electron chi connectivity index (χ2n) is 4.65. The monoisotopic (exact) mass is 265 g/mol. The van der Waals surface area contributed by atoms with Crippen LogP contribution in [0.4, 0.5) is 0 Å². The molecule has 3 aromatic rings. The van der Waals surface area contributed by atoms with Crippen LogP contribution in [0.5, 0.6) is 11.6 Å². The Bertz CT molecular complexity index is 718. The minimum Gasteiger partial charge on any atom is -0.438 e. The van der Waals surface area contributed by atoms with Gasteiger partial charge in [-0.3, -0.25) is 4.98 Å². The van der Waals surface area contributed by atoms with E-state index in [1.54, 1.807) is 12.4 Å².